The Balaban J connectivity index is 5.67. The SMILES string of the molecule is CCCCC(CC)COC(=O)CCOC(=O)CCN(CCC(=O)OCCC(=O)OCC(CC)CCCC)CCN(C)CCN(CCC(=O)OCCC(=O)OCC(CC)CCCC)CCC(=O)OCCC(=O)OCC(CC)CCCC. The topological polar surface area (TPSA) is 220 Å². The van der Waals surface area contributed by atoms with Gasteiger partial charge >= 0.3 is 47.8 Å². The van der Waals surface area contributed by atoms with Crippen molar-refractivity contribution < 1.29 is 76.3 Å². The first-order valence-electron chi connectivity index (χ1n) is 30.9. The van der Waals surface area contributed by atoms with Gasteiger partial charge in [-0.2, -0.15) is 0 Å². The number of hydrogen-bond donors (Lipinski definition) is 0. The van der Waals surface area contributed by atoms with Gasteiger partial charge in [-0.1, -0.05) is 132 Å². The van der Waals surface area contributed by atoms with Crippen molar-refractivity contribution in [2.45, 2.75) is 209 Å². The maximum atomic E-state index is 12.9. The zero-order valence-corrected chi connectivity index (χ0v) is 51.5. The molecule has 0 N–H and O–H groups in total. The Kier molecular flexibility index (Phi) is 48.7. The number of carbonyl (C=O) groups is 8. The highest BCUT2D eigenvalue weighted by Crippen LogP contribution is 2.17. The summed E-state index contributed by atoms with van der Waals surface area (Å²) in [6.45, 7) is 20.7. The van der Waals surface area contributed by atoms with E-state index in [1.165, 1.54) is 0 Å². The third-order valence-electron chi connectivity index (χ3n) is 14.5. The minimum Gasteiger partial charge on any atom is -0.465 e. The lowest BCUT2D eigenvalue weighted by atomic mass is 10.0. The number of ether oxygens (including phenoxy) is 8. The van der Waals surface area contributed by atoms with Crippen molar-refractivity contribution >= 4 is 47.8 Å². The van der Waals surface area contributed by atoms with Crippen LogP contribution in [0.3, 0.4) is 0 Å². The second-order valence-electron chi connectivity index (χ2n) is 21.3. The molecule has 0 heterocycles. The first-order chi connectivity index (χ1) is 38.5. The van der Waals surface area contributed by atoms with Crippen LogP contribution in [0.4, 0.5) is 0 Å². The molecule has 0 bridgehead atoms. The minimum absolute atomic E-state index is 0.00464. The lowest BCUT2D eigenvalue weighted by molar-refractivity contribution is -0.152. The number of unbranched alkanes of at least 4 members (excludes halogenated alkanes) is 4. The highest BCUT2D eigenvalue weighted by molar-refractivity contribution is 5.74. The van der Waals surface area contributed by atoms with E-state index in [0.717, 1.165) is 103 Å². The Hall–Kier alpha value is -4.36. The highest BCUT2D eigenvalue weighted by Gasteiger charge is 2.20. The summed E-state index contributed by atoms with van der Waals surface area (Å²) < 4.78 is 43.4. The zero-order valence-electron chi connectivity index (χ0n) is 51.5. The van der Waals surface area contributed by atoms with E-state index in [2.05, 4.69) is 60.3 Å². The fourth-order valence-electron chi connectivity index (χ4n) is 8.41. The van der Waals surface area contributed by atoms with Crippen molar-refractivity contribution in [1.82, 2.24) is 14.7 Å². The van der Waals surface area contributed by atoms with Crippen LogP contribution in [-0.4, -0.2) is 175 Å². The molecule has 0 fully saturated rings. The van der Waals surface area contributed by atoms with Crippen molar-refractivity contribution in [2.24, 2.45) is 23.7 Å². The molecule has 0 aromatic carbocycles. The molecule has 0 radical (unpaired) electrons. The summed E-state index contributed by atoms with van der Waals surface area (Å²) in [6.07, 6.45) is 16.0. The molecule has 466 valence electrons. The maximum Gasteiger partial charge on any atom is 0.309 e. The van der Waals surface area contributed by atoms with Crippen molar-refractivity contribution in [1.29, 1.82) is 0 Å². The number of hydrogen-bond acceptors (Lipinski definition) is 19. The number of esters is 8. The quantitative estimate of drug-likeness (QED) is 0.0408. The molecule has 4 atom stereocenters. The average Bonchev–Trinajstić information content (AvgIpc) is 3.44. The van der Waals surface area contributed by atoms with Gasteiger partial charge in [0.25, 0.3) is 0 Å². The van der Waals surface area contributed by atoms with Crippen LogP contribution in [-0.2, 0) is 76.3 Å². The predicted molar refractivity (Wildman–Crippen MR) is 308 cm³/mol. The van der Waals surface area contributed by atoms with Gasteiger partial charge in [0, 0.05) is 52.4 Å². The van der Waals surface area contributed by atoms with Crippen LogP contribution in [0.1, 0.15) is 209 Å². The lowest BCUT2D eigenvalue weighted by Gasteiger charge is -2.27. The molecule has 0 aromatic rings. The van der Waals surface area contributed by atoms with E-state index >= 15 is 0 Å². The molecule has 0 aliphatic rings. The lowest BCUT2D eigenvalue weighted by Crippen LogP contribution is -2.40. The van der Waals surface area contributed by atoms with Crippen LogP contribution < -0.4 is 0 Å². The fourth-order valence-corrected chi connectivity index (χ4v) is 8.41. The minimum atomic E-state index is -0.495. The van der Waals surface area contributed by atoms with Crippen molar-refractivity contribution in [3.05, 3.63) is 0 Å². The molecule has 0 aromatic heterocycles. The van der Waals surface area contributed by atoms with E-state index in [0.29, 0.717) is 76.3 Å². The maximum absolute atomic E-state index is 12.9. The van der Waals surface area contributed by atoms with Crippen molar-refractivity contribution in [2.75, 3.05) is 112 Å². The average molecular weight is 1140 g/mol. The molecule has 0 aliphatic heterocycles. The van der Waals surface area contributed by atoms with Gasteiger partial charge in [-0.25, -0.2) is 0 Å². The molecular weight excluding hydrogens is 1030 g/mol. The third-order valence-corrected chi connectivity index (χ3v) is 14.5. The molecule has 80 heavy (non-hydrogen) atoms. The second kappa shape index (κ2) is 51.5. The van der Waals surface area contributed by atoms with Gasteiger partial charge < -0.3 is 52.6 Å². The standard InChI is InChI=1S/C61H111N3O16/c1-10-18-22-50(14-5)46-77-58(69)30-42-73-54(65)26-34-63(35-27-55(66)74-43-31-59(70)78-47-51(15-6)23-19-11-2)40-38-62(9)39-41-64(36-28-56(67)75-44-32-60(71)79-48-52(16-7)24-20-12-3)37-29-57(68)76-45-33-61(72)80-49-53(17-8)25-21-13-4/h50-53H,10-49H2,1-9H3. The van der Waals surface area contributed by atoms with E-state index in [1.54, 1.807) is 0 Å². The Morgan fingerprint density at radius 1 is 0.287 bits per heavy atom. The van der Waals surface area contributed by atoms with Crippen molar-refractivity contribution in [3.63, 3.8) is 0 Å². The monoisotopic (exact) mass is 1140 g/mol. The van der Waals surface area contributed by atoms with Crippen molar-refractivity contribution in [3.8, 4) is 0 Å². The molecule has 4 unspecified atom stereocenters. The summed E-state index contributed by atoms with van der Waals surface area (Å²) in [5.41, 5.74) is 0. The van der Waals surface area contributed by atoms with Crippen LogP contribution in [0.25, 0.3) is 0 Å². The normalized spacial score (nSPS) is 12.8. The fraction of sp³-hybridized carbons (Fsp3) is 0.869. The van der Waals surface area contributed by atoms with Crippen LogP contribution >= 0.6 is 0 Å². The van der Waals surface area contributed by atoms with Gasteiger partial charge in [-0.15, -0.1) is 0 Å². The van der Waals surface area contributed by atoms with Gasteiger partial charge in [0.2, 0.25) is 0 Å². The molecule has 19 nitrogen and oxygen atoms in total. The molecule has 19 heteroatoms. The summed E-state index contributed by atoms with van der Waals surface area (Å²) in [6, 6.07) is 0. The summed E-state index contributed by atoms with van der Waals surface area (Å²) in [5.74, 6) is -2.45. The number of carbonyl (C=O) groups excluding carboxylic acids is 8. The summed E-state index contributed by atoms with van der Waals surface area (Å²) in [7, 11) is 1.91. The molecule has 0 aliphatic carbocycles. The second-order valence-corrected chi connectivity index (χ2v) is 21.3. The van der Waals surface area contributed by atoms with Crippen LogP contribution in [0.15, 0.2) is 0 Å². The van der Waals surface area contributed by atoms with Gasteiger partial charge in [-0.05, 0) is 56.4 Å². The Labute approximate surface area is 482 Å². The highest BCUT2D eigenvalue weighted by atomic mass is 16.6. The first kappa shape index (κ1) is 75.6. The van der Waals surface area contributed by atoms with Gasteiger partial charge in [0.15, 0.2) is 0 Å². The predicted octanol–water partition coefficient (Wildman–Crippen LogP) is 9.85. The summed E-state index contributed by atoms with van der Waals surface area (Å²) >= 11 is 0. The van der Waals surface area contributed by atoms with Crippen LogP contribution in [0, 0.1) is 23.7 Å². The van der Waals surface area contributed by atoms with E-state index in [1.807, 2.05) is 16.8 Å². The van der Waals surface area contributed by atoms with Gasteiger partial charge in [-0.3, -0.25) is 38.4 Å². The number of nitrogens with zero attached hydrogens (tertiary/aromatic N) is 3. The van der Waals surface area contributed by atoms with E-state index < -0.39 is 47.8 Å². The van der Waals surface area contributed by atoms with E-state index in [-0.39, 0.29) is 104 Å². The largest absolute Gasteiger partial charge is 0.465 e. The summed E-state index contributed by atoms with van der Waals surface area (Å²) in [5, 5.41) is 0. The molecule has 0 spiro atoms. The molecule has 0 rings (SSSR count). The van der Waals surface area contributed by atoms with E-state index in [4.69, 9.17) is 37.9 Å². The first-order valence-corrected chi connectivity index (χ1v) is 30.9. The number of likely N-dealkylation sites (N-methyl/N-ethyl adjacent to an activating group) is 1. The van der Waals surface area contributed by atoms with E-state index in [9.17, 15) is 38.4 Å². The molecule has 0 saturated heterocycles. The molecule has 0 saturated carbocycles. The molecular formula is C61H111N3O16. The third kappa shape index (κ3) is 44.3. The molecule has 0 amide bonds. The smallest absolute Gasteiger partial charge is 0.309 e. The van der Waals surface area contributed by atoms with Gasteiger partial charge in [0.05, 0.1) is 77.8 Å². The van der Waals surface area contributed by atoms with Crippen LogP contribution in [0.5, 0.6) is 0 Å². The number of rotatable bonds is 54. The zero-order chi connectivity index (χ0) is 59.6. The Morgan fingerprint density at radius 2 is 0.500 bits per heavy atom. The Bertz CT molecular complexity index is 1430. The van der Waals surface area contributed by atoms with Crippen LogP contribution in [0.2, 0.25) is 0 Å². The summed E-state index contributed by atoms with van der Waals surface area (Å²) in [4.78, 5) is 107. The van der Waals surface area contributed by atoms with Gasteiger partial charge in [0.1, 0.15) is 26.4 Å². The Morgan fingerprint density at radius 3 is 0.700 bits per heavy atom.